The van der Waals surface area contributed by atoms with Crippen LogP contribution in [0, 0.1) is 5.92 Å². The molecule has 7 nitrogen and oxygen atoms in total. The summed E-state index contributed by atoms with van der Waals surface area (Å²) < 4.78 is 30.8. The molecule has 1 rings (SSSR count). The fourth-order valence-electron chi connectivity index (χ4n) is 1.73. The molecule has 0 aliphatic carbocycles. The molecule has 0 aromatic heterocycles. The SMILES string of the molecule is CCOC(=O)N1CCC(C(=O)OS(C)(=O)=O)CC1. The molecule has 104 valence electrons. The van der Waals surface area contributed by atoms with E-state index in [4.69, 9.17) is 4.74 Å². The molecular weight excluding hydrogens is 262 g/mol. The van der Waals surface area contributed by atoms with Crippen LogP contribution in [-0.4, -0.2) is 51.3 Å². The summed E-state index contributed by atoms with van der Waals surface area (Å²) in [4.78, 5) is 24.4. The highest BCUT2D eigenvalue weighted by Crippen LogP contribution is 2.19. The van der Waals surface area contributed by atoms with Crippen molar-refractivity contribution in [2.45, 2.75) is 19.8 Å². The monoisotopic (exact) mass is 279 g/mol. The van der Waals surface area contributed by atoms with Crippen molar-refractivity contribution in [3.63, 3.8) is 0 Å². The number of amides is 1. The molecule has 0 radical (unpaired) electrons. The zero-order chi connectivity index (χ0) is 13.8. The van der Waals surface area contributed by atoms with Crippen LogP contribution < -0.4 is 0 Å². The van der Waals surface area contributed by atoms with Gasteiger partial charge in [-0.25, -0.2) is 4.79 Å². The molecule has 1 amide bonds. The van der Waals surface area contributed by atoms with Gasteiger partial charge in [0.1, 0.15) is 0 Å². The molecule has 1 aliphatic heterocycles. The molecule has 0 aromatic rings. The molecule has 0 atom stereocenters. The summed E-state index contributed by atoms with van der Waals surface area (Å²) in [6.07, 6.45) is 1.19. The summed E-state index contributed by atoms with van der Waals surface area (Å²) >= 11 is 0. The summed E-state index contributed by atoms with van der Waals surface area (Å²) in [5.41, 5.74) is 0. The lowest BCUT2D eigenvalue weighted by Crippen LogP contribution is -2.41. The van der Waals surface area contributed by atoms with Crippen molar-refractivity contribution >= 4 is 22.2 Å². The maximum Gasteiger partial charge on any atom is 0.409 e. The number of nitrogens with zero attached hydrogens (tertiary/aromatic N) is 1. The van der Waals surface area contributed by atoms with Crippen LogP contribution >= 0.6 is 0 Å². The Hall–Kier alpha value is -1.31. The summed E-state index contributed by atoms with van der Waals surface area (Å²) in [7, 11) is -3.77. The van der Waals surface area contributed by atoms with Gasteiger partial charge in [0.25, 0.3) is 0 Å². The van der Waals surface area contributed by atoms with Crippen molar-refractivity contribution in [1.82, 2.24) is 4.90 Å². The highest BCUT2D eigenvalue weighted by Gasteiger charge is 2.30. The largest absolute Gasteiger partial charge is 0.450 e. The van der Waals surface area contributed by atoms with Crippen LogP contribution in [0.4, 0.5) is 4.79 Å². The van der Waals surface area contributed by atoms with Crippen molar-refractivity contribution in [2.75, 3.05) is 26.0 Å². The van der Waals surface area contributed by atoms with Gasteiger partial charge in [0.05, 0.1) is 18.8 Å². The minimum atomic E-state index is -3.77. The second-order valence-corrected chi connectivity index (χ2v) is 5.64. The van der Waals surface area contributed by atoms with E-state index in [2.05, 4.69) is 4.18 Å². The molecule has 8 heteroatoms. The average molecular weight is 279 g/mol. The normalized spacial score (nSPS) is 17.3. The highest BCUT2D eigenvalue weighted by molar-refractivity contribution is 7.86. The third-order valence-corrected chi connectivity index (χ3v) is 3.05. The number of hydrogen-bond donors (Lipinski definition) is 0. The molecule has 0 unspecified atom stereocenters. The smallest absolute Gasteiger partial charge is 0.409 e. The quantitative estimate of drug-likeness (QED) is 0.693. The zero-order valence-corrected chi connectivity index (χ0v) is 11.2. The van der Waals surface area contributed by atoms with E-state index in [0.717, 1.165) is 6.26 Å². The van der Waals surface area contributed by atoms with Crippen molar-refractivity contribution in [3.8, 4) is 0 Å². The zero-order valence-electron chi connectivity index (χ0n) is 10.4. The molecule has 1 saturated heterocycles. The third-order valence-electron chi connectivity index (χ3n) is 2.59. The number of piperidine rings is 1. The predicted molar refractivity (Wildman–Crippen MR) is 62.3 cm³/mol. The second-order valence-electron chi connectivity index (χ2n) is 4.07. The van der Waals surface area contributed by atoms with Crippen molar-refractivity contribution in [2.24, 2.45) is 5.92 Å². The van der Waals surface area contributed by atoms with Gasteiger partial charge in [-0.3, -0.25) is 4.79 Å². The Morgan fingerprint density at radius 3 is 2.28 bits per heavy atom. The molecule has 0 bridgehead atoms. The summed E-state index contributed by atoms with van der Waals surface area (Å²) in [5.74, 6) is -1.23. The fraction of sp³-hybridized carbons (Fsp3) is 0.800. The average Bonchev–Trinajstić information content (AvgIpc) is 2.27. The van der Waals surface area contributed by atoms with Crippen LogP contribution in [0.1, 0.15) is 19.8 Å². The number of carbonyl (C=O) groups is 2. The molecule has 0 saturated carbocycles. The number of rotatable bonds is 3. The first-order chi connectivity index (χ1) is 8.33. The van der Waals surface area contributed by atoms with Gasteiger partial charge in [-0.15, -0.1) is 0 Å². The molecule has 1 fully saturated rings. The topological polar surface area (TPSA) is 90.0 Å². The van der Waals surface area contributed by atoms with Gasteiger partial charge in [-0.2, -0.15) is 8.42 Å². The lowest BCUT2D eigenvalue weighted by Gasteiger charge is -2.29. The molecule has 0 N–H and O–H groups in total. The number of likely N-dealkylation sites (tertiary alicyclic amines) is 1. The summed E-state index contributed by atoms with van der Waals surface area (Å²) in [6, 6.07) is 0. The number of hydrogen-bond acceptors (Lipinski definition) is 6. The van der Waals surface area contributed by atoms with Gasteiger partial charge in [0.2, 0.25) is 0 Å². The van der Waals surface area contributed by atoms with E-state index in [1.807, 2.05) is 0 Å². The van der Waals surface area contributed by atoms with Gasteiger partial charge < -0.3 is 13.8 Å². The fourth-order valence-corrected chi connectivity index (χ4v) is 2.16. The van der Waals surface area contributed by atoms with Crippen molar-refractivity contribution in [1.29, 1.82) is 0 Å². The van der Waals surface area contributed by atoms with E-state index in [1.165, 1.54) is 4.90 Å². The van der Waals surface area contributed by atoms with Gasteiger partial charge in [0.15, 0.2) is 0 Å². The minimum Gasteiger partial charge on any atom is -0.450 e. The first-order valence-electron chi connectivity index (χ1n) is 5.68. The standard InChI is InChI=1S/C10H17NO6S/c1-3-16-10(13)11-6-4-8(5-7-11)9(12)17-18(2,14)15/h8H,3-7H2,1-2H3. The first-order valence-corrected chi connectivity index (χ1v) is 7.50. The Bertz CT molecular complexity index is 410. The Kier molecular flexibility index (Phi) is 4.94. The van der Waals surface area contributed by atoms with E-state index >= 15 is 0 Å². The van der Waals surface area contributed by atoms with Gasteiger partial charge >= 0.3 is 22.2 Å². The minimum absolute atomic E-state index is 0.300. The van der Waals surface area contributed by atoms with Crippen LogP contribution in [0.15, 0.2) is 0 Å². The van der Waals surface area contributed by atoms with E-state index in [-0.39, 0.29) is 0 Å². The lowest BCUT2D eigenvalue weighted by atomic mass is 9.97. The van der Waals surface area contributed by atoms with Gasteiger partial charge in [0, 0.05) is 13.1 Å². The van der Waals surface area contributed by atoms with Crippen LogP contribution in [0.3, 0.4) is 0 Å². The predicted octanol–water partition coefficient (Wildman–Crippen LogP) is 0.358. The first kappa shape index (κ1) is 14.7. The second kappa shape index (κ2) is 6.03. The molecule has 18 heavy (non-hydrogen) atoms. The van der Waals surface area contributed by atoms with Crippen LogP contribution in [-0.2, 0) is 23.8 Å². The Morgan fingerprint density at radius 2 is 1.83 bits per heavy atom. The van der Waals surface area contributed by atoms with Crippen LogP contribution in [0.25, 0.3) is 0 Å². The highest BCUT2D eigenvalue weighted by atomic mass is 32.2. The Balaban J connectivity index is 2.44. The van der Waals surface area contributed by atoms with Crippen LogP contribution in [0.2, 0.25) is 0 Å². The molecule has 1 aliphatic rings. The number of carbonyl (C=O) groups excluding carboxylic acids is 2. The van der Waals surface area contributed by atoms with Crippen LogP contribution in [0.5, 0.6) is 0 Å². The van der Waals surface area contributed by atoms with Gasteiger partial charge in [-0.05, 0) is 19.8 Å². The summed E-state index contributed by atoms with van der Waals surface area (Å²) in [5, 5.41) is 0. The van der Waals surface area contributed by atoms with E-state index in [9.17, 15) is 18.0 Å². The maximum atomic E-state index is 11.5. The maximum absolute atomic E-state index is 11.5. The van der Waals surface area contributed by atoms with E-state index in [1.54, 1.807) is 6.92 Å². The lowest BCUT2D eigenvalue weighted by molar-refractivity contribution is -0.139. The number of ether oxygens (including phenoxy) is 1. The molecular formula is C10H17NO6S. The molecule has 0 spiro atoms. The molecule has 0 aromatic carbocycles. The van der Waals surface area contributed by atoms with Gasteiger partial charge in [-0.1, -0.05) is 0 Å². The Labute approximate surface area is 106 Å². The van der Waals surface area contributed by atoms with E-state index < -0.39 is 28.1 Å². The van der Waals surface area contributed by atoms with Crippen molar-refractivity contribution < 1.29 is 26.9 Å². The van der Waals surface area contributed by atoms with Crippen molar-refractivity contribution in [3.05, 3.63) is 0 Å². The summed E-state index contributed by atoms with van der Waals surface area (Å²) in [6.45, 7) is 2.74. The molecule has 1 heterocycles. The third kappa shape index (κ3) is 4.52. The Morgan fingerprint density at radius 1 is 1.28 bits per heavy atom. The van der Waals surface area contributed by atoms with E-state index in [0.29, 0.717) is 32.5 Å².